The van der Waals surface area contributed by atoms with Crippen LogP contribution in [0, 0.1) is 5.92 Å². The van der Waals surface area contributed by atoms with E-state index < -0.39 is 0 Å². The van der Waals surface area contributed by atoms with Gasteiger partial charge in [0.05, 0.1) is 12.1 Å². The van der Waals surface area contributed by atoms with Gasteiger partial charge >= 0.3 is 0 Å². The second-order valence-electron chi connectivity index (χ2n) is 8.18. The van der Waals surface area contributed by atoms with Gasteiger partial charge in [0.2, 0.25) is 0 Å². The number of aliphatic hydroxyl groups excluding tert-OH is 1. The van der Waals surface area contributed by atoms with Crippen LogP contribution in [0.2, 0.25) is 0 Å². The lowest BCUT2D eigenvalue weighted by molar-refractivity contribution is 0.174. The monoisotopic (exact) mass is 368 g/mol. The zero-order valence-electron chi connectivity index (χ0n) is 16.1. The van der Waals surface area contributed by atoms with Crippen LogP contribution in [0.4, 0.5) is 0 Å². The van der Waals surface area contributed by atoms with Crippen LogP contribution in [0.5, 0.6) is 0 Å². The second-order valence-corrected chi connectivity index (χ2v) is 8.18. The molecule has 1 aliphatic heterocycles. The quantitative estimate of drug-likeness (QED) is 0.701. The summed E-state index contributed by atoms with van der Waals surface area (Å²) in [5.41, 5.74) is 2.71. The van der Waals surface area contributed by atoms with Crippen LogP contribution in [-0.4, -0.2) is 39.2 Å². The molecule has 1 aliphatic carbocycles. The third kappa shape index (κ3) is 4.78. The van der Waals surface area contributed by atoms with Crippen LogP contribution in [0.25, 0.3) is 0 Å². The van der Waals surface area contributed by atoms with Crippen molar-refractivity contribution in [2.45, 2.75) is 63.8 Å². The van der Waals surface area contributed by atoms with Gasteiger partial charge in [-0.1, -0.05) is 43.5 Å². The summed E-state index contributed by atoms with van der Waals surface area (Å²) in [4.78, 5) is 10.3. The van der Waals surface area contributed by atoms with Gasteiger partial charge in [-0.15, -0.1) is 0 Å². The van der Waals surface area contributed by atoms with Gasteiger partial charge in [0.15, 0.2) is 0 Å². The molecule has 1 aromatic heterocycles. The van der Waals surface area contributed by atoms with Crippen molar-refractivity contribution in [1.82, 2.24) is 20.2 Å². The van der Waals surface area contributed by atoms with E-state index in [0.717, 1.165) is 38.4 Å². The number of aromatic amines is 1. The molecular weight excluding hydrogens is 336 g/mol. The molecular formula is C22H32N4O. The van der Waals surface area contributed by atoms with Crippen LogP contribution in [0.1, 0.15) is 61.5 Å². The third-order valence-electron chi connectivity index (χ3n) is 6.21. The molecule has 1 aromatic carbocycles. The molecule has 1 saturated heterocycles. The Morgan fingerprint density at radius 2 is 1.96 bits per heavy atom. The van der Waals surface area contributed by atoms with E-state index in [-0.39, 0.29) is 6.10 Å². The highest BCUT2D eigenvalue weighted by atomic mass is 16.3. The summed E-state index contributed by atoms with van der Waals surface area (Å²) in [6.45, 7) is 3.55. The highest BCUT2D eigenvalue weighted by molar-refractivity contribution is 5.27. The molecule has 5 nitrogen and oxygen atoms in total. The molecule has 3 N–H and O–H groups in total. The van der Waals surface area contributed by atoms with E-state index in [9.17, 15) is 5.11 Å². The molecule has 2 unspecified atom stereocenters. The molecule has 0 bridgehead atoms. The summed E-state index contributed by atoms with van der Waals surface area (Å²) in [5, 5.41) is 13.6. The van der Waals surface area contributed by atoms with Crippen LogP contribution in [0.15, 0.2) is 36.7 Å². The average molecular weight is 369 g/mol. The van der Waals surface area contributed by atoms with Crippen molar-refractivity contribution in [2.75, 3.05) is 13.1 Å². The van der Waals surface area contributed by atoms with E-state index in [4.69, 9.17) is 0 Å². The summed E-state index contributed by atoms with van der Waals surface area (Å²) in [6, 6.07) is 9.00. The largest absolute Gasteiger partial charge is 0.392 e. The standard InChI is InChI=1S/C22H32N4O/c27-20-10-13-26(16-20)15-19-9-5-4-8-18(19)14-25-21(22-23-11-12-24-22)17-6-2-1-3-7-17/h4-5,8-9,11-12,17,20-21,25,27H,1-3,6-7,10,13-16H2,(H,23,24). The number of β-amino-alcohol motifs (C(OH)–C–C–N with tert-alkyl or cyclic N) is 1. The molecule has 146 valence electrons. The van der Waals surface area contributed by atoms with Crippen molar-refractivity contribution in [3.63, 3.8) is 0 Å². The second kappa shape index (κ2) is 9.00. The summed E-state index contributed by atoms with van der Waals surface area (Å²) in [7, 11) is 0. The number of aliphatic hydroxyl groups is 1. The molecule has 2 atom stereocenters. The molecule has 27 heavy (non-hydrogen) atoms. The van der Waals surface area contributed by atoms with Gasteiger partial charge < -0.3 is 15.4 Å². The van der Waals surface area contributed by atoms with E-state index >= 15 is 0 Å². The van der Waals surface area contributed by atoms with E-state index in [2.05, 4.69) is 44.5 Å². The maximum Gasteiger partial charge on any atom is 0.123 e. The van der Waals surface area contributed by atoms with Crippen LogP contribution in [0.3, 0.4) is 0 Å². The van der Waals surface area contributed by atoms with Gasteiger partial charge in [-0.25, -0.2) is 4.98 Å². The fourth-order valence-electron chi connectivity index (χ4n) is 4.70. The molecule has 2 aromatic rings. The number of rotatable bonds is 7. The lowest BCUT2D eigenvalue weighted by Gasteiger charge is -2.30. The van der Waals surface area contributed by atoms with Gasteiger partial charge in [-0.2, -0.15) is 0 Å². The zero-order valence-corrected chi connectivity index (χ0v) is 16.1. The highest BCUT2D eigenvalue weighted by Crippen LogP contribution is 2.33. The minimum absolute atomic E-state index is 0.162. The Kier molecular flexibility index (Phi) is 6.22. The summed E-state index contributed by atoms with van der Waals surface area (Å²) < 4.78 is 0. The molecule has 2 heterocycles. The Bertz CT molecular complexity index is 696. The molecule has 1 saturated carbocycles. The summed E-state index contributed by atoms with van der Waals surface area (Å²) in [6.07, 6.45) is 11.1. The number of hydrogen-bond acceptors (Lipinski definition) is 4. The van der Waals surface area contributed by atoms with Gasteiger partial charge in [-0.3, -0.25) is 4.90 Å². The van der Waals surface area contributed by atoms with Crippen molar-refractivity contribution < 1.29 is 5.11 Å². The summed E-state index contributed by atoms with van der Waals surface area (Å²) in [5.74, 6) is 1.73. The minimum Gasteiger partial charge on any atom is -0.392 e. The number of nitrogens with zero attached hydrogens (tertiary/aromatic N) is 2. The number of nitrogens with one attached hydrogen (secondary N) is 2. The Morgan fingerprint density at radius 1 is 1.15 bits per heavy atom. The lowest BCUT2D eigenvalue weighted by atomic mass is 9.83. The van der Waals surface area contributed by atoms with E-state index in [1.807, 2.05) is 12.4 Å². The van der Waals surface area contributed by atoms with E-state index in [1.54, 1.807) is 0 Å². The van der Waals surface area contributed by atoms with E-state index in [1.165, 1.54) is 43.2 Å². The first-order chi connectivity index (χ1) is 13.3. The predicted molar refractivity (Wildman–Crippen MR) is 107 cm³/mol. The van der Waals surface area contributed by atoms with Crippen LogP contribution in [-0.2, 0) is 13.1 Å². The summed E-state index contributed by atoms with van der Waals surface area (Å²) >= 11 is 0. The van der Waals surface area contributed by atoms with Crippen molar-refractivity contribution in [3.8, 4) is 0 Å². The molecule has 4 rings (SSSR count). The van der Waals surface area contributed by atoms with Crippen LogP contribution >= 0.6 is 0 Å². The van der Waals surface area contributed by atoms with Crippen LogP contribution < -0.4 is 5.32 Å². The number of aromatic nitrogens is 2. The maximum atomic E-state index is 9.81. The number of likely N-dealkylation sites (tertiary alicyclic amines) is 1. The molecule has 0 radical (unpaired) electrons. The average Bonchev–Trinajstić information content (AvgIpc) is 3.36. The topological polar surface area (TPSA) is 64.2 Å². The van der Waals surface area contributed by atoms with Crippen molar-refractivity contribution in [3.05, 3.63) is 53.6 Å². The number of imidazole rings is 1. The normalized spacial score (nSPS) is 22.9. The Morgan fingerprint density at radius 3 is 2.67 bits per heavy atom. The Hall–Kier alpha value is -1.69. The van der Waals surface area contributed by atoms with Crippen molar-refractivity contribution in [2.24, 2.45) is 5.92 Å². The molecule has 2 aliphatic rings. The van der Waals surface area contributed by atoms with Crippen molar-refractivity contribution >= 4 is 0 Å². The minimum atomic E-state index is -0.162. The fourth-order valence-corrected chi connectivity index (χ4v) is 4.70. The first-order valence-corrected chi connectivity index (χ1v) is 10.5. The molecule has 0 spiro atoms. The van der Waals surface area contributed by atoms with Gasteiger partial charge in [-0.05, 0) is 36.3 Å². The molecule has 2 fully saturated rings. The van der Waals surface area contributed by atoms with Crippen molar-refractivity contribution in [1.29, 1.82) is 0 Å². The fraction of sp³-hybridized carbons (Fsp3) is 0.591. The first-order valence-electron chi connectivity index (χ1n) is 10.5. The third-order valence-corrected chi connectivity index (χ3v) is 6.21. The zero-order chi connectivity index (χ0) is 18.5. The molecule has 5 heteroatoms. The Balaban J connectivity index is 1.44. The highest BCUT2D eigenvalue weighted by Gasteiger charge is 2.27. The van der Waals surface area contributed by atoms with Gasteiger partial charge in [0.25, 0.3) is 0 Å². The molecule has 0 amide bonds. The number of hydrogen-bond donors (Lipinski definition) is 3. The lowest BCUT2D eigenvalue weighted by Crippen LogP contribution is -2.31. The van der Waals surface area contributed by atoms with Gasteiger partial charge in [0.1, 0.15) is 5.82 Å². The maximum absolute atomic E-state index is 9.81. The first kappa shape index (κ1) is 18.7. The number of H-pyrrole nitrogens is 1. The Labute approximate surface area is 162 Å². The SMILES string of the molecule is OC1CCN(Cc2ccccc2CNC(c2ncc[nH]2)C2CCCCC2)C1. The smallest absolute Gasteiger partial charge is 0.123 e. The van der Waals surface area contributed by atoms with E-state index in [0.29, 0.717) is 12.0 Å². The predicted octanol–water partition coefficient (Wildman–Crippen LogP) is 3.39. The number of benzene rings is 1. The van der Waals surface area contributed by atoms with Gasteiger partial charge in [0, 0.05) is 38.6 Å².